The zero-order valence-corrected chi connectivity index (χ0v) is 19.2. The summed E-state index contributed by atoms with van der Waals surface area (Å²) in [6, 6.07) is 1.58. The van der Waals surface area contributed by atoms with Crippen molar-refractivity contribution < 1.29 is 0 Å². The Morgan fingerprint density at radius 2 is 0.778 bits per heavy atom. The van der Waals surface area contributed by atoms with E-state index >= 15 is 0 Å². The molecule has 0 rings (SSSR count). The van der Waals surface area contributed by atoms with Crippen LogP contribution in [-0.2, 0) is 0 Å². The van der Waals surface area contributed by atoms with E-state index in [2.05, 4.69) is 79.7 Å². The Morgan fingerprint density at radius 3 is 0.833 bits per heavy atom. The summed E-state index contributed by atoms with van der Waals surface area (Å²) in [6.07, 6.45) is 0. The lowest BCUT2D eigenvalue weighted by Crippen LogP contribution is -2.83. The van der Waals surface area contributed by atoms with E-state index in [1.807, 2.05) is 0 Å². The minimum atomic E-state index is -1.12. The van der Waals surface area contributed by atoms with Gasteiger partial charge in [-0.25, -0.2) is 0 Å². The maximum Gasteiger partial charge on any atom is 0.0379 e. The predicted octanol–water partition coefficient (Wildman–Crippen LogP) is 5.73. The Hall–Kier alpha value is 0.868. The maximum absolute atomic E-state index is 2.70. The molecule has 0 fully saturated rings. The Morgan fingerprint density at radius 1 is 0.556 bits per heavy atom. The number of hydrogen-bond donors (Lipinski definition) is 0. The average molecular weight is 319 g/mol. The SMILES string of the molecule is CC(C)(C)C[Si]([Si](C)(C)C)([Si](C)(C)C)[Si](C)(C)C. The summed E-state index contributed by atoms with van der Waals surface area (Å²) < 4.78 is 0. The van der Waals surface area contributed by atoms with E-state index in [0.29, 0.717) is 5.41 Å². The van der Waals surface area contributed by atoms with Crippen LogP contribution in [0.4, 0.5) is 0 Å². The molecule has 0 aromatic rings. The number of rotatable bonds is 4. The van der Waals surface area contributed by atoms with E-state index in [1.54, 1.807) is 6.04 Å². The van der Waals surface area contributed by atoms with Crippen molar-refractivity contribution in [1.29, 1.82) is 0 Å². The van der Waals surface area contributed by atoms with E-state index in [1.165, 1.54) is 0 Å². The molecule has 0 atom stereocenters. The van der Waals surface area contributed by atoms with Gasteiger partial charge in [-0.15, -0.1) is 0 Å². The van der Waals surface area contributed by atoms with Gasteiger partial charge in [0.05, 0.1) is 0 Å². The molecule has 18 heavy (non-hydrogen) atoms. The molecule has 0 aliphatic rings. The minimum absolute atomic E-state index is 0.521. The van der Waals surface area contributed by atoms with Gasteiger partial charge in [0.15, 0.2) is 0 Å². The Bertz CT molecular complexity index is 245. The van der Waals surface area contributed by atoms with Gasteiger partial charge in [-0.05, 0) is 5.41 Å². The minimum Gasteiger partial charge on any atom is -0.0718 e. The molecule has 0 heterocycles. The van der Waals surface area contributed by atoms with E-state index in [0.717, 1.165) is 0 Å². The summed E-state index contributed by atoms with van der Waals surface area (Å²) in [4.78, 5) is 0. The molecule has 0 aliphatic carbocycles. The van der Waals surface area contributed by atoms with Crippen LogP contribution in [0.5, 0.6) is 0 Å². The third kappa shape index (κ3) is 3.70. The molecule has 0 amide bonds. The van der Waals surface area contributed by atoms with Crippen LogP contribution in [0.2, 0.25) is 65.0 Å². The van der Waals surface area contributed by atoms with Gasteiger partial charge in [0.2, 0.25) is 0 Å². The fraction of sp³-hybridized carbons (Fsp3) is 1.00. The molecule has 4 heteroatoms. The molecule has 0 bridgehead atoms. The van der Waals surface area contributed by atoms with Crippen molar-refractivity contribution in [3.8, 4) is 0 Å². The van der Waals surface area contributed by atoms with Crippen LogP contribution in [0, 0.1) is 5.41 Å². The second-order valence-electron chi connectivity index (χ2n) is 10.4. The van der Waals surface area contributed by atoms with Crippen molar-refractivity contribution in [1.82, 2.24) is 0 Å². The lowest BCUT2D eigenvalue weighted by Gasteiger charge is -2.59. The van der Waals surface area contributed by atoms with Gasteiger partial charge in [0, 0.05) is 29.4 Å². The molecule has 0 spiro atoms. The molecule has 0 N–H and O–H groups in total. The third-order valence-electron chi connectivity index (χ3n) is 4.64. The lowest BCUT2D eigenvalue weighted by atomic mass is 10.0. The van der Waals surface area contributed by atoms with E-state index < -0.39 is 29.4 Å². The molecule has 0 saturated carbocycles. The highest BCUT2D eigenvalue weighted by Gasteiger charge is 2.61. The maximum atomic E-state index is 2.70. The van der Waals surface area contributed by atoms with E-state index in [9.17, 15) is 0 Å². The Labute approximate surface area is 120 Å². The molecule has 0 saturated heterocycles. The average Bonchev–Trinajstić information content (AvgIpc) is 1.90. The molecule has 0 radical (unpaired) electrons. The lowest BCUT2D eigenvalue weighted by molar-refractivity contribution is 0.465. The van der Waals surface area contributed by atoms with Crippen molar-refractivity contribution >= 4 is 29.4 Å². The summed E-state index contributed by atoms with van der Waals surface area (Å²) in [5.74, 6) is 0. The summed E-state index contributed by atoms with van der Waals surface area (Å²) in [5.41, 5.74) is 0.521. The van der Waals surface area contributed by atoms with E-state index in [4.69, 9.17) is 0 Å². The summed E-state index contributed by atoms with van der Waals surface area (Å²) in [6.45, 7) is 30.6. The first kappa shape index (κ1) is 18.9. The van der Waals surface area contributed by atoms with Crippen molar-refractivity contribution in [3.63, 3.8) is 0 Å². The first-order valence-electron chi connectivity index (χ1n) is 7.46. The van der Waals surface area contributed by atoms with Gasteiger partial charge in [-0.3, -0.25) is 0 Å². The van der Waals surface area contributed by atoms with Gasteiger partial charge < -0.3 is 0 Å². The first-order valence-corrected chi connectivity index (χ1v) is 23.2. The molecule has 0 unspecified atom stereocenters. The molecule has 110 valence electrons. The van der Waals surface area contributed by atoms with Crippen molar-refractivity contribution in [3.05, 3.63) is 0 Å². The highest BCUT2D eigenvalue weighted by atomic mass is 29.9. The van der Waals surface area contributed by atoms with Crippen molar-refractivity contribution in [2.75, 3.05) is 0 Å². The van der Waals surface area contributed by atoms with Crippen molar-refractivity contribution in [2.24, 2.45) is 5.41 Å². The van der Waals surface area contributed by atoms with Crippen LogP contribution in [0.15, 0.2) is 0 Å². The zero-order valence-electron chi connectivity index (χ0n) is 15.2. The van der Waals surface area contributed by atoms with Gasteiger partial charge >= 0.3 is 0 Å². The molecule has 0 nitrogen and oxygen atoms in total. The highest BCUT2D eigenvalue weighted by molar-refractivity contribution is 7.89. The summed E-state index contributed by atoms with van der Waals surface area (Å²) in [5, 5.41) is 0. The normalized spacial score (nSPS) is 16.0. The largest absolute Gasteiger partial charge is 0.0718 e. The van der Waals surface area contributed by atoms with Crippen LogP contribution in [0.3, 0.4) is 0 Å². The van der Waals surface area contributed by atoms with Gasteiger partial charge in [0.25, 0.3) is 0 Å². The molecule has 0 aromatic heterocycles. The zero-order chi connectivity index (χ0) is 15.2. The van der Waals surface area contributed by atoms with Crippen LogP contribution in [0.1, 0.15) is 20.8 Å². The molecule has 0 aliphatic heterocycles. The molecular weight excluding hydrogens is 280 g/mol. The van der Waals surface area contributed by atoms with E-state index in [-0.39, 0.29) is 0 Å². The number of hydrogen-bond acceptors (Lipinski definition) is 0. The monoisotopic (exact) mass is 318 g/mol. The standard InChI is InChI=1S/C14H38Si4/c1-14(2,3)13-18(15(4,5)6,16(7,8)9)17(10,11)12/h13H2,1-12H3. The van der Waals surface area contributed by atoms with Crippen LogP contribution in [0.25, 0.3) is 0 Å². The Kier molecular flexibility index (Phi) is 5.25. The predicted molar refractivity (Wildman–Crippen MR) is 100 cm³/mol. The molecular formula is C14H38Si4. The quantitative estimate of drug-likeness (QED) is 0.581. The fourth-order valence-electron chi connectivity index (χ4n) is 4.97. The smallest absolute Gasteiger partial charge is 0.0379 e. The van der Waals surface area contributed by atoms with Crippen LogP contribution >= 0.6 is 0 Å². The topological polar surface area (TPSA) is 0 Å². The summed E-state index contributed by atoms with van der Waals surface area (Å²) in [7, 11) is -3.17. The highest BCUT2D eigenvalue weighted by Crippen LogP contribution is 2.44. The first-order chi connectivity index (χ1) is 7.46. The van der Waals surface area contributed by atoms with Crippen LogP contribution < -0.4 is 0 Å². The Balaban J connectivity index is 6.10. The van der Waals surface area contributed by atoms with Gasteiger partial charge in [-0.1, -0.05) is 85.7 Å². The second kappa shape index (κ2) is 5.01. The summed E-state index contributed by atoms with van der Waals surface area (Å²) >= 11 is 0. The second-order valence-corrected chi connectivity index (χ2v) is 51.7. The van der Waals surface area contributed by atoms with Crippen molar-refractivity contribution in [2.45, 2.75) is 85.7 Å². The van der Waals surface area contributed by atoms with Crippen LogP contribution in [-0.4, -0.2) is 29.4 Å². The van der Waals surface area contributed by atoms with Gasteiger partial charge in [-0.2, -0.15) is 0 Å². The fourth-order valence-corrected chi connectivity index (χ4v) is 105. The third-order valence-corrected chi connectivity index (χ3v) is 79.0. The van der Waals surface area contributed by atoms with Gasteiger partial charge in [0.1, 0.15) is 0 Å². The molecule has 0 aromatic carbocycles.